The lowest BCUT2D eigenvalue weighted by Crippen LogP contribution is -2.34. The zero-order valence-corrected chi connectivity index (χ0v) is 7.51. The minimum Gasteiger partial charge on any atom is -0.393 e. The lowest BCUT2D eigenvalue weighted by molar-refractivity contribution is 0.0254. The molecule has 6 fully saturated rings. The van der Waals surface area contributed by atoms with Crippen LogP contribution in [0.1, 0.15) is 6.42 Å². The molecule has 6 rings (SSSR count). The van der Waals surface area contributed by atoms with E-state index in [1.54, 1.807) is 0 Å². The Bertz CT molecular complexity index is 344. The van der Waals surface area contributed by atoms with Gasteiger partial charge < -0.3 is 5.11 Å². The predicted molar refractivity (Wildman–Crippen MR) is 45.5 cm³/mol. The first-order chi connectivity index (χ1) is 6.39. The highest BCUT2D eigenvalue weighted by Gasteiger charge is 2.90. The van der Waals surface area contributed by atoms with Crippen molar-refractivity contribution in [2.45, 2.75) is 12.5 Å². The van der Waals surface area contributed by atoms with Crippen LogP contribution in [0.5, 0.6) is 0 Å². The summed E-state index contributed by atoms with van der Waals surface area (Å²) in [4.78, 5) is 0. The van der Waals surface area contributed by atoms with Crippen LogP contribution in [0.4, 0.5) is 0 Å². The SMILES string of the molecule is OC1C2CC3C1C1C4C3C2C2C1C42. The van der Waals surface area contributed by atoms with E-state index in [1.807, 2.05) is 0 Å². The summed E-state index contributed by atoms with van der Waals surface area (Å²) in [6.07, 6.45) is 1.57. The van der Waals surface area contributed by atoms with Crippen molar-refractivity contribution in [1.82, 2.24) is 0 Å². The molecule has 0 aromatic rings. The molecule has 2 bridgehead atoms. The van der Waals surface area contributed by atoms with Crippen molar-refractivity contribution in [3.05, 3.63) is 0 Å². The second-order valence-electron chi connectivity index (χ2n) is 6.67. The van der Waals surface area contributed by atoms with Crippen LogP contribution >= 0.6 is 0 Å². The first kappa shape index (κ1) is 5.75. The van der Waals surface area contributed by atoms with E-state index in [1.165, 1.54) is 12.3 Å². The van der Waals surface area contributed by atoms with Crippen LogP contribution in [0.2, 0.25) is 0 Å². The average molecular weight is 174 g/mol. The zero-order chi connectivity index (χ0) is 8.06. The van der Waals surface area contributed by atoms with Crippen molar-refractivity contribution >= 4 is 0 Å². The Hall–Kier alpha value is -0.0400. The molecule has 6 saturated carbocycles. The molecule has 0 aromatic carbocycles. The fraction of sp³-hybridized carbons (Fsp3) is 1.00. The minimum atomic E-state index is 0.148. The smallest absolute Gasteiger partial charge is 0.0605 e. The van der Waals surface area contributed by atoms with Gasteiger partial charge in [0.05, 0.1) is 6.10 Å². The molecule has 0 heterocycles. The van der Waals surface area contributed by atoms with Crippen molar-refractivity contribution in [1.29, 1.82) is 0 Å². The average Bonchev–Trinajstić information content (AvgIpc) is 2.48. The molecule has 0 radical (unpaired) electrons. The standard InChI is InChI=1S/C12H14O/c13-12-3-1-2-4-5(3)8-10-7(4)9(6(2)12)11(8)10/h2-13H,1H2. The summed E-state index contributed by atoms with van der Waals surface area (Å²) >= 11 is 0. The third-order valence-corrected chi connectivity index (χ3v) is 7.16. The van der Waals surface area contributed by atoms with Gasteiger partial charge in [0.25, 0.3) is 0 Å². The Labute approximate surface area is 77.5 Å². The molecule has 6 aliphatic carbocycles. The number of fused-ring (bicyclic) bond motifs is 6. The Morgan fingerprint density at radius 2 is 1.15 bits per heavy atom. The van der Waals surface area contributed by atoms with E-state index < -0.39 is 0 Å². The normalized spacial score (nSPS) is 93.5. The number of aliphatic hydroxyl groups excluding tert-OH is 1. The first-order valence-electron chi connectivity index (χ1n) is 6.07. The molecular weight excluding hydrogens is 160 g/mol. The first-order valence-corrected chi connectivity index (χ1v) is 6.07. The van der Waals surface area contributed by atoms with Crippen LogP contribution in [-0.4, -0.2) is 11.2 Å². The summed E-state index contributed by atoms with van der Waals surface area (Å²) in [6, 6.07) is 0. The second kappa shape index (κ2) is 1.25. The number of aliphatic hydroxyl groups is 1. The van der Waals surface area contributed by atoms with Crippen LogP contribution in [0.3, 0.4) is 0 Å². The van der Waals surface area contributed by atoms with Gasteiger partial charge in [0.2, 0.25) is 0 Å². The molecule has 0 aliphatic heterocycles. The Morgan fingerprint density at radius 3 is 1.92 bits per heavy atom. The van der Waals surface area contributed by atoms with Gasteiger partial charge >= 0.3 is 0 Å². The van der Waals surface area contributed by atoms with Crippen LogP contribution in [0, 0.1) is 59.2 Å². The fourth-order valence-electron chi connectivity index (χ4n) is 7.43. The van der Waals surface area contributed by atoms with Crippen molar-refractivity contribution in [3.8, 4) is 0 Å². The van der Waals surface area contributed by atoms with Gasteiger partial charge in [-0.3, -0.25) is 0 Å². The van der Waals surface area contributed by atoms with Crippen LogP contribution in [0.25, 0.3) is 0 Å². The van der Waals surface area contributed by atoms with E-state index in [2.05, 4.69) is 0 Å². The maximum absolute atomic E-state index is 10.2. The quantitative estimate of drug-likeness (QED) is 0.580. The summed E-state index contributed by atoms with van der Waals surface area (Å²) in [5.74, 6) is 10.4. The molecule has 11 atom stereocenters. The number of rotatable bonds is 0. The summed E-state index contributed by atoms with van der Waals surface area (Å²) in [5.41, 5.74) is 0. The van der Waals surface area contributed by atoms with Crippen LogP contribution < -0.4 is 0 Å². The van der Waals surface area contributed by atoms with E-state index in [0.29, 0.717) is 0 Å². The van der Waals surface area contributed by atoms with E-state index in [9.17, 15) is 5.11 Å². The van der Waals surface area contributed by atoms with Gasteiger partial charge in [-0.05, 0) is 65.6 Å². The monoisotopic (exact) mass is 174 g/mol. The van der Waals surface area contributed by atoms with Crippen LogP contribution in [0.15, 0.2) is 0 Å². The van der Waals surface area contributed by atoms with Gasteiger partial charge in [-0.25, -0.2) is 0 Å². The minimum absolute atomic E-state index is 0.148. The lowest BCUT2D eigenvalue weighted by Gasteiger charge is -2.35. The second-order valence-corrected chi connectivity index (χ2v) is 6.67. The largest absolute Gasteiger partial charge is 0.393 e. The summed E-state index contributed by atoms with van der Waals surface area (Å²) < 4.78 is 0. The molecule has 68 valence electrons. The van der Waals surface area contributed by atoms with E-state index in [0.717, 1.165) is 53.3 Å². The molecule has 1 N–H and O–H groups in total. The van der Waals surface area contributed by atoms with Crippen molar-refractivity contribution < 1.29 is 5.11 Å². The molecular formula is C12H14O. The highest BCUT2D eigenvalue weighted by molar-refractivity contribution is 5.37. The maximum Gasteiger partial charge on any atom is 0.0605 e. The highest BCUT2D eigenvalue weighted by atomic mass is 16.3. The molecule has 0 spiro atoms. The molecule has 0 amide bonds. The highest BCUT2D eigenvalue weighted by Crippen LogP contribution is 2.92. The van der Waals surface area contributed by atoms with Crippen molar-refractivity contribution in [3.63, 3.8) is 0 Å². The van der Waals surface area contributed by atoms with Gasteiger partial charge in [-0.15, -0.1) is 0 Å². The predicted octanol–water partition coefficient (Wildman–Crippen LogP) is 0.981. The van der Waals surface area contributed by atoms with E-state index in [4.69, 9.17) is 0 Å². The zero-order valence-electron chi connectivity index (χ0n) is 7.51. The number of hydrogen-bond acceptors (Lipinski definition) is 1. The maximum atomic E-state index is 10.2. The van der Waals surface area contributed by atoms with E-state index >= 15 is 0 Å². The summed E-state index contributed by atoms with van der Waals surface area (Å²) in [7, 11) is 0. The number of hydrogen-bond donors (Lipinski definition) is 1. The van der Waals surface area contributed by atoms with E-state index in [-0.39, 0.29) is 6.10 Å². The lowest BCUT2D eigenvalue weighted by atomic mass is 9.69. The summed E-state index contributed by atoms with van der Waals surface area (Å²) in [5, 5.41) is 10.2. The Morgan fingerprint density at radius 1 is 0.615 bits per heavy atom. The fourth-order valence-corrected chi connectivity index (χ4v) is 7.43. The van der Waals surface area contributed by atoms with Crippen molar-refractivity contribution in [2.75, 3.05) is 0 Å². The van der Waals surface area contributed by atoms with Gasteiger partial charge in [0.15, 0.2) is 0 Å². The van der Waals surface area contributed by atoms with Gasteiger partial charge in [-0.1, -0.05) is 0 Å². The Kier molecular flexibility index (Phi) is 0.551. The molecule has 13 heavy (non-hydrogen) atoms. The molecule has 1 nitrogen and oxygen atoms in total. The van der Waals surface area contributed by atoms with Gasteiger partial charge in [-0.2, -0.15) is 0 Å². The van der Waals surface area contributed by atoms with Gasteiger partial charge in [0.1, 0.15) is 0 Å². The topological polar surface area (TPSA) is 20.2 Å². The van der Waals surface area contributed by atoms with Gasteiger partial charge in [0, 0.05) is 0 Å². The third kappa shape index (κ3) is 0.309. The molecule has 0 aromatic heterocycles. The molecule has 1 heteroatoms. The third-order valence-electron chi connectivity index (χ3n) is 7.16. The molecule has 0 saturated heterocycles. The summed E-state index contributed by atoms with van der Waals surface area (Å²) in [6.45, 7) is 0. The van der Waals surface area contributed by atoms with Crippen LogP contribution in [-0.2, 0) is 0 Å². The molecule has 6 aliphatic rings. The molecule has 11 unspecified atom stereocenters. The Balaban J connectivity index is 1.75. The van der Waals surface area contributed by atoms with Crippen molar-refractivity contribution in [2.24, 2.45) is 59.2 Å².